The topological polar surface area (TPSA) is 84.8 Å². The van der Waals surface area contributed by atoms with Gasteiger partial charge in [0.15, 0.2) is 0 Å². The molecule has 2 aliphatic rings. The Morgan fingerprint density at radius 3 is 2.50 bits per heavy atom. The normalized spacial score (nSPS) is 24.4. The number of amides is 1. The van der Waals surface area contributed by atoms with E-state index in [4.69, 9.17) is 9.47 Å². The number of carbonyl (C=O) groups is 1. The first-order valence-corrected chi connectivity index (χ1v) is 12.0. The minimum Gasteiger partial charge on any atom is -0.496 e. The Morgan fingerprint density at radius 1 is 1.17 bits per heavy atom. The number of aryl methyl sites for hydroxylation is 1. The number of nitrogens with zero attached hydrogens (tertiary/aromatic N) is 3. The van der Waals surface area contributed by atoms with Crippen LogP contribution in [-0.4, -0.2) is 52.1 Å². The molecule has 36 heavy (non-hydrogen) atoms. The summed E-state index contributed by atoms with van der Waals surface area (Å²) in [4.78, 5) is 14.2. The van der Waals surface area contributed by atoms with E-state index in [1.165, 1.54) is 13.2 Å². The van der Waals surface area contributed by atoms with Crippen molar-refractivity contribution < 1.29 is 32.5 Å². The van der Waals surface area contributed by atoms with E-state index in [1.54, 1.807) is 17.9 Å². The number of fused-ring (bicyclic) bond motifs is 1. The van der Waals surface area contributed by atoms with Crippen LogP contribution < -0.4 is 4.74 Å². The van der Waals surface area contributed by atoms with Crippen LogP contribution >= 0.6 is 0 Å². The molecule has 1 aliphatic heterocycles. The smallest absolute Gasteiger partial charge is 0.416 e. The van der Waals surface area contributed by atoms with Gasteiger partial charge in [0.2, 0.25) is 0 Å². The van der Waals surface area contributed by atoms with Crippen molar-refractivity contribution >= 4 is 6.09 Å². The van der Waals surface area contributed by atoms with Crippen LogP contribution in [0.5, 0.6) is 5.75 Å². The van der Waals surface area contributed by atoms with Gasteiger partial charge in [-0.3, -0.25) is 0 Å². The molecule has 1 saturated carbocycles. The van der Waals surface area contributed by atoms with Gasteiger partial charge in [0.25, 0.3) is 0 Å². The van der Waals surface area contributed by atoms with Gasteiger partial charge in [-0.25, -0.2) is 4.79 Å². The van der Waals surface area contributed by atoms with Gasteiger partial charge in [-0.2, -0.15) is 18.3 Å². The molecule has 196 valence electrons. The van der Waals surface area contributed by atoms with Crippen LogP contribution in [-0.2, 0) is 16.5 Å². The number of piperidine rings is 1. The highest BCUT2D eigenvalue weighted by Crippen LogP contribution is 2.50. The molecular weight excluding hydrogens is 475 g/mol. The number of aliphatic hydroxyl groups is 1. The van der Waals surface area contributed by atoms with Crippen LogP contribution in [0.3, 0.4) is 0 Å². The molecule has 3 unspecified atom stereocenters. The Balaban J connectivity index is 1.56. The molecule has 1 aromatic carbocycles. The molecule has 0 radical (unpaired) electrons. The molecule has 1 N–H and O–H groups in total. The van der Waals surface area contributed by atoms with Crippen molar-refractivity contribution in [2.45, 2.75) is 64.3 Å². The summed E-state index contributed by atoms with van der Waals surface area (Å²) in [5, 5.41) is 20.3. The number of carbonyl (C=O) groups excluding carboxylic acids is 1. The zero-order valence-corrected chi connectivity index (χ0v) is 21.1. The summed E-state index contributed by atoms with van der Waals surface area (Å²) in [5.41, 5.74) is -0.685. The van der Waals surface area contributed by atoms with E-state index >= 15 is 0 Å². The van der Waals surface area contributed by atoms with Crippen molar-refractivity contribution in [2.75, 3.05) is 20.2 Å². The second kappa shape index (κ2) is 9.21. The van der Waals surface area contributed by atoms with Crippen molar-refractivity contribution in [2.24, 2.45) is 11.8 Å². The molecule has 2 aromatic rings. The number of halogens is 3. The molecule has 3 atom stereocenters. The summed E-state index contributed by atoms with van der Waals surface area (Å²) in [6, 6.07) is 5.01. The Hall–Kier alpha value is -2.88. The van der Waals surface area contributed by atoms with E-state index in [-0.39, 0.29) is 23.7 Å². The van der Waals surface area contributed by atoms with Crippen LogP contribution in [0.25, 0.3) is 11.3 Å². The number of aromatic nitrogens is 2. The fourth-order valence-corrected chi connectivity index (χ4v) is 5.38. The summed E-state index contributed by atoms with van der Waals surface area (Å²) in [7, 11) is 1.31. The van der Waals surface area contributed by atoms with Gasteiger partial charge >= 0.3 is 12.3 Å². The first-order valence-electron chi connectivity index (χ1n) is 12.0. The molecule has 4 rings (SSSR count). The van der Waals surface area contributed by atoms with Crippen LogP contribution in [0.1, 0.15) is 56.9 Å². The largest absolute Gasteiger partial charge is 0.496 e. The summed E-state index contributed by atoms with van der Waals surface area (Å²) in [6.45, 7) is 8.26. The highest BCUT2D eigenvalue weighted by molar-refractivity contribution is 5.70. The van der Waals surface area contributed by atoms with Gasteiger partial charge in [-0.15, -0.1) is 5.10 Å². The first kappa shape index (κ1) is 26.2. The lowest BCUT2D eigenvalue weighted by molar-refractivity contribution is -0.137. The Kier molecular flexibility index (Phi) is 6.70. The maximum atomic E-state index is 13.1. The molecule has 10 heteroatoms. The summed E-state index contributed by atoms with van der Waals surface area (Å²) >= 11 is 0. The highest BCUT2D eigenvalue weighted by atomic mass is 19.4. The number of methoxy groups -OCH3 is 1. The summed E-state index contributed by atoms with van der Waals surface area (Å²) < 4.78 is 50.1. The fourth-order valence-electron chi connectivity index (χ4n) is 5.38. The maximum absolute atomic E-state index is 13.1. The molecule has 2 fully saturated rings. The minimum atomic E-state index is -4.49. The number of hydrogen-bond acceptors (Lipinski definition) is 6. The predicted octanol–water partition coefficient (Wildman–Crippen LogP) is 5.33. The minimum absolute atomic E-state index is 0.0455. The van der Waals surface area contributed by atoms with Gasteiger partial charge in [0.05, 0.1) is 24.1 Å². The average molecular weight is 508 g/mol. The third kappa shape index (κ3) is 5.00. The fraction of sp³-hybridized carbons (Fsp3) is 0.577. The third-order valence-electron chi connectivity index (χ3n) is 7.11. The quantitative estimate of drug-likeness (QED) is 0.604. The molecule has 1 saturated heterocycles. The van der Waals surface area contributed by atoms with Gasteiger partial charge in [-0.05, 0) is 88.6 Å². The SMILES string of the molecule is COc1cc(C(F)(F)F)ccc1-c1nnc(C2(O)CCC3CN(C(=O)OC(C)(C)C)CCC32)cc1C. The van der Waals surface area contributed by atoms with Crippen molar-refractivity contribution in [1.29, 1.82) is 0 Å². The highest BCUT2D eigenvalue weighted by Gasteiger charge is 2.52. The van der Waals surface area contributed by atoms with Crippen molar-refractivity contribution in [1.82, 2.24) is 15.1 Å². The number of benzene rings is 1. The molecule has 0 spiro atoms. The standard InChI is InChI=1S/C26H32F3N3O4/c1-15-12-21(30-31-22(15)18-7-6-17(26(27,28)29)13-20(18)35-5)25(34)10-8-16-14-32(11-9-19(16)25)23(33)36-24(2,3)4/h6-7,12-13,16,19,34H,8-11,14H2,1-5H3. The van der Waals surface area contributed by atoms with Crippen LogP contribution in [0.2, 0.25) is 0 Å². The van der Waals surface area contributed by atoms with Gasteiger partial charge in [-0.1, -0.05) is 0 Å². The van der Waals surface area contributed by atoms with Crippen molar-refractivity contribution in [3.63, 3.8) is 0 Å². The Morgan fingerprint density at radius 2 is 1.89 bits per heavy atom. The number of alkyl halides is 3. The van der Waals surface area contributed by atoms with Crippen LogP contribution in [0, 0.1) is 18.8 Å². The van der Waals surface area contributed by atoms with E-state index in [0.717, 1.165) is 18.6 Å². The lowest BCUT2D eigenvalue weighted by atomic mass is 9.78. The number of rotatable bonds is 3. The molecular formula is C26H32F3N3O4. The lowest BCUT2D eigenvalue weighted by Crippen LogP contribution is -2.48. The second-order valence-electron chi connectivity index (χ2n) is 10.7. The van der Waals surface area contributed by atoms with Crippen LogP contribution in [0.4, 0.5) is 18.0 Å². The lowest BCUT2D eigenvalue weighted by Gasteiger charge is -2.40. The summed E-state index contributed by atoms with van der Waals surface area (Å²) in [6.07, 6.45) is -3.01. The second-order valence-corrected chi connectivity index (χ2v) is 10.7. The van der Waals surface area contributed by atoms with Gasteiger partial charge < -0.3 is 19.5 Å². The average Bonchev–Trinajstić information content (AvgIpc) is 3.14. The van der Waals surface area contributed by atoms with E-state index in [9.17, 15) is 23.1 Å². The molecule has 1 amide bonds. The van der Waals surface area contributed by atoms with Crippen molar-refractivity contribution in [3.8, 4) is 17.0 Å². The first-order chi connectivity index (χ1) is 16.7. The van der Waals surface area contributed by atoms with Crippen LogP contribution in [0.15, 0.2) is 24.3 Å². The molecule has 0 bridgehead atoms. The predicted molar refractivity (Wildman–Crippen MR) is 126 cm³/mol. The zero-order valence-electron chi connectivity index (χ0n) is 21.1. The molecule has 1 aliphatic carbocycles. The van der Waals surface area contributed by atoms with E-state index < -0.39 is 22.9 Å². The summed E-state index contributed by atoms with van der Waals surface area (Å²) in [5.74, 6) is 0.0635. The van der Waals surface area contributed by atoms with E-state index in [2.05, 4.69) is 10.2 Å². The number of ether oxygens (including phenoxy) is 2. The van der Waals surface area contributed by atoms with Gasteiger partial charge in [0, 0.05) is 18.7 Å². The molecule has 1 aromatic heterocycles. The third-order valence-corrected chi connectivity index (χ3v) is 7.11. The Labute approximate surface area is 208 Å². The molecule has 2 heterocycles. The van der Waals surface area contributed by atoms with E-state index in [1.807, 2.05) is 20.8 Å². The van der Waals surface area contributed by atoms with Crippen molar-refractivity contribution in [3.05, 3.63) is 41.1 Å². The zero-order chi connectivity index (χ0) is 26.5. The maximum Gasteiger partial charge on any atom is 0.416 e. The van der Waals surface area contributed by atoms with Gasteiger partial charge in [0.1, 0.15) is 17.0 Å². The monoisotopic (exact) mass is 507 g/mol. The molecule has 7 nitrogen and oxygen atoms in total. The number of hydrogen-bond donors (Lipinski definition) is 1. The Bertz CT molecular complexity index is 1150. The van der Waals surface area contributed by atoms with E-state index in [0.29, 0.717) is 48.4 Å². The number of likely N-dealkylation sites (tertiary alicyclic amines) is 1.